The third kappa shape index (κ3) is 6.09. The van der Waals surface area contributed by atoms with E-state index in [-0.39, 0.29) is 23.8 Å². The Labute approximate surface area is 249 Å². The Morgan fingerprint density at radius 2 is 1.85 bits per heavy atom. The number of amides is 3. The van der Waals surface area contributed by atoms with Crippen LogP contribution < -0.4 is 10.6 Å². The monoisotopic (exact) mass is 582 g/mol. The minimum absolute atomic E-state index is 0.124. The lowest BCUT2D eigenvalue weighted by Crippen LogP contribution is -2.56. The molecule has 1 aromatic carbocycles. The summed E-state index contributed by atoms with van der Waals surface area (Å²) in [7, 11) is 0. The van der Waals surface area contributed by atoms with E-state index >= 15 is 0 Å². The molecule has 2 N–H and O–H groups in total. The van der Waals surface area contributed by atoms with Crippen LogP contribution in [-0.4, -0.2) is 83.7 Å². The van der Waals surface area contributed by atoms with Gasteiger partial charge in [0.05, 0.1) is 17.9 Å². The number of rotatable bonds is 13. The van der Waals surface area contributed by atoms with E-state index in [1.165, 1.54) is 6.42 Å². The summed E-state index contributed by atoms with van der Waals surface area (Å²) in [5.41, 5.74) is -0.417. The van der Waals surface area contributed by atoms with Crippen LogP contribution in [0.2, 0.25) is 0 Å². The maximum absolute atomic E-state index is 14.2. The number of likely N-dealkylation sites (tertiary alicyclic amines) is 1. The molecule has 0 radical (unpaired) electrons. The van der Waals surface area contributed by atoms with Crippen molar-refractivity contribution in [2.45, 2.75) is 93.9 Å². The maximum Gasteiger partial charge on any atom is 0.246 e. The summed E-state index contributed by atoms with van der Waals surface area (Å²) in [5.74, 6) is -1.92. The molecule has 1 saturated carbocycles. The highest BCUT2D eigenvalue weighted by Crippen LogP contribution is 2.55. The molecule has 5 atom stereocenters. The summed E-state index contributed by atoms with van der Waals surface area (Å²) in [4.78, 5) is 47.1. The van der Waals surface area contributed by atoms with Crippen LogP contribution in [0.4, 0.5) is 5.69 Å². The van der Waals surface area contributed by atoms with Crippen molar-refractivity contribution in [2.75, 3.05) is 37.8 Å². The summed E-state index contributed by atoms with van der Waals surface area (Å²) >= 11 is 1.61. The molecule has 3 heterocycles. The van der Waals surface area contributed by atoms with E-state index < -0.39 is 29.6 Å². The summed E-state index contributed by atoms with van der Waals surface area (Å²) in [5, 5.41) is 6.32. The fourth-order valence-corrected chi connectivity index (χ4v) is 7.85. The zero-order valence-electron chi connectivity index (χ0n) is 24.8. The number of hydrogen-bond donors (Lipinski definition) is 2. The van der Waals surface area contributed by atoms with Gasteiger partial charge in [0.15, 0.2) is 0 Å². The van der Waals surface area contributed by atoms with E-state index in [4.69, 9.17) is 4.74 Å². The Bertz CT molecular complexity index is 1130. The van der Waals surface area contributed by atoms with E-state index in [0.29, 0.717) is 12.2 Å². The van der Waals surface area contributed by atoms with E-state index in [1.54, 1.807) is 16.7 Å². The Morgan fingerprint density at radius 1 is 1.10 bits per heavy atom. The van der Waals surface area contributed by atoms with Gasteiger partial charge in [0.2, 0.25) is 17.7 Å². The van der Waals surface area contributed by atoms with Crippen LogP contribution >= 0.6 is 11.8 Å². The zero-order valence-corrected chi connectivity index (χ0v) is 25.6. The molecule has 9 heteroatoms. The Balaban J connectivity index is 1.38. The van der Waals surface area contributed by atoms with Crippen molar-refractivity contribution in [3.63, 3.8) is 0 Å². The molecule has 1 aliphatic carbocycles. The van der Waals surface area contributed by atoms with Gasteiger partial charge in [0.25, 0.3) is 0 Å². The first-order valence-electron chi connectivity index (χ1n) is 15.6. The van der Waals surface area contributed by atoms with Crippen LogP contribution in [0.5, 0.6) is 0 Å². The Morgan fingerprint density at radius 3 is 2.56 bits per heavy atom. The van der Waals surface area contributed by atoms with Gasteiger partial charge in [-0.2, -0.15) is 0 Å². The molecule has 1 aromatic rings. The highest BCUT2D eigenvalue weighted by molar-refractivity contribution is 7.98. The van der Waals surface area contributed by atoms with Crippen LogP contribution in [0.25, 0.3) is 0 Å². The number of carbonyl (C=O) groups excluding carboxylic acids is 3. The van der Waals surface area contributed by atoms with Crippen molar-refractivity contribution < 1.29 is 19.1 Å². The quantitative estimate of drug-likeness (QED) is 0.264. The van der Waals surface area contributed by atoms with E-state index in [9.17, 15) is 14.4 Å². The van der Waals surface area contributed by atoms with Crippen molar-refractivity contribution in [3.8, 4) is 0 Å². The van der Waals surface area contributed by atoms with E-state index in [0.717, 1.165) is 69.5 Å². The van der Waals surface area contributed by atoms with Gasteiger partial charge in [0, 0.05) is 23.2 Å². The standard InChI is InChI=1S/C32H46N4O4S/c1-4-17-35(18-5-2)19-10-20-36-28(30(38)33-22-11-7-6-8-12-22)32-16-15-25(40-32)26(27(32)31(36)39)29(37)34-23-13-9-14-24(21-23)41-3/h9,13-16,21-22,25-28H,4-8,10-12,17-20H2,1-3H3,(H,33,38)(H,34,37)/t25-,26+,27-,28+,32-/m0/s1. The number of benzene rings is 1. The molecule has 5 rings (SSSR count). The predicted octanol–water partition coefficient (Wildman–Crippen LogP) is 4.46. The van der Waals surface area contributed by atoms with Gasteiger partial charge in [-0.1, -0.05) is 51.3 Å². The lowest BCUT2D eigenvalue weighted by molar-refractivity contribution is -0.141. The molecular formula is C32H46N4O4S. The lowest BCUT2D eigenvalue weighted by Gasteiger charge is -2.34. The van der Waals surface area contributed by atoms with E-state index in [1.807, 2.05) is 42.7 Å². The summed E-state index contributed by atoms with van der Waals surface area (Å²) in [6.07, 6.45) is 13.5. The number of fused-ring (bicyclic) bond motifs is 1. The van der Waals surface area contributed by atoms with Crippen LogP contribution in [0.1, 0.15) is 65.2 Å². The van der Waals surface area contributed by atoms with Crippen LogP contribution in [0.3, 0.4) is 0 Å². The molecule has 3 aliphatic heterocycles. The molecule has 224 valence electrons. The van der Waals surface area contributed by atoms with Gasteiger partial charge < -0.3 is 25.2 Å². The first-order valence-corrected chi connectivity index (χ1v) is 16.8. The second-order valence-corrected chi connectivity index (χ2v) is 12.9. The Hall–Kier alpha value is -2.36. The summed E-state index contributed by atoms with van der Waals surface area (Å²) < 4.78 is 6.52. The molecule has 2 saturated heterocycles. The maximum atomic E-state index is 14.2. The van der Waals surface area contributed by atoms with Gasteiger partial charge in [-0.05, 0) is 76.2 Å². The number of nitrogens with zero attached hydrogens (tertiary/aromatic N) is 2. The number of nitrogens with one attached hydrogen (secondary N) is 2. The van der Waals surface area contributed by atoms with Crippen LogP contribution in [0, 0.1) is 11.8 Å². The number of ether oxygens (including phenoxy) is 1. The average molecular weight is 583 g/mol. The molecule has 0 aromatic heterocycles. The first-order chi connectivity index (χ1) is 19.9. The van der Waals surface area contributed by atoms with Gasteiger partial charge in [0.1, 0.15) is 11.6 Å². The topological polar surface area (TPSA) is 91.0 Å². The number of thioether (sulfide) groups is 1. The molecule has 8 nitrogen and oxygen atoms in total. The molecule has 3 amide bonds. The fraction of sp³-hybridized carbons (Fsp3) is 0.656. The summed E-state index contributed by atoms with van der Waals surface area (Å²) in [6, 6.07) is 7.05. The van der Waals surface area contributed by atoms with Crippen LogP contribution in [-0.2, 0) is 19.1 Å². The number of hydrogen-bond acceptors (Lipinski definition) is 6. The molecule has 4 aliphatic rings. The number of carbonyl (C=O) groups is 3. The van der Waals surface area contributed by atoms with Gasteiger partial charge in [-0.25, -0.2) is 0 Å². The van der Waals surface area contributed by atoms with Gasteiger partial charge in [-0.15, -0.1) is 11.8 Å². The molecule has 2 bridgehead atoms. The van der Waals surface area contributed by atoms with Crippen molar-refractivity contribution in [2.24, 2.45) is 11.8 Å². The van der Waals surface area contributed by atoms with Gasteiger partial charge >= 0.3 is 0 Å². The first kappa shape index (κ1) is 30.1. The molecular weight excluding hydrogens is 536 g/mol. The second-order valence-electron chi connectivity index (χ2n) is 12.0. The van der Waals surface area contributed by atoms with Crippen molar-refractivity contribution in [1.29, 1.82) is 0 Å². The molecule has 3 fully saturated rings. The Kier molecular flexibility index (Phi) is 9.77. The predicted molar refractivity (Wildman–Crippen MR) is 163 cm³/mol. The van der Waals surface area contributed by atoms with Crippen molar-refractivity contribution in [1.82, 2.24) is 15.1 Å². The second kappa shape index (κ2) is 13.3. The van der Waals surface area contributed by atoms with Crippen molar-refractivity contribution >= 4 is 35.2 Å². The smallest absolute Gasteiger partial charge is 0.246 e. The van der Waals surface area contributed by atoms with E-state index in [2.05, 4.69) is 29.4 Å². The largest absolute Gasteiger partial charge is 0.359 e. The zero-order chi connectivity index (χ0) is 29.0. The fourth-order valence-electron chi connectivity index (χ4n) is 7.39. The minimum Gasteiger partial charge on any atom is -0.359 e. The third-order valence-electron chi connectivity index (χ3n) is 9.17. The highest BCUT2D eigenvalue weighted by Gasteiger charge is 2.72. The molecule has 41 heavy (non-hydrogen) atoms. The van der Waals surface area contributed by atoms with Crippen LogP contribution in [0.15, 0.2) is 41.3 Å². The summed E-state index contributed by atoms with van der Waals surface area (Å²) in [6.45, 7) is 7.74. The highest BCUT2D eigenvalue weighted by atomic mass is 32.2. The van der Waals surface area contributed by atoms with Crippen molar-refractivity contribution in [3.05, 3.63) is 36.4 Å². The van der Waals surface area contributed by atoms with Gasteiger partial charge in [-0.3, -0.25) is 14.4 Å². The minimum atomic E-state index is -1.11. The average Bonchev–Trinajstić information content (AvgIpc) is 3.61. The lowest BCUT2D eigenvalue weighted by atomic mass is 9.74. The SMILES string of the molecule is CCCN(CCC)CCCN1C(=O)[C@@H]2[C@H](C(=O)Nc3cccc(SC)c3)[C@@H]3C=C[C@@]2(O3)[C@H]1C(=O)NC1CCCCC1. The third-order valence-corrected chi connectivity index (χ3v) is 9.89. The molecule has 0 unspecified atom stereocenters. The number of anilines is 1. The molecule has 1 spiro atoms. The normalized spacial score (nSPS) is 28.9.